The van der Waals surface area contributed by atoms with Crippen LogP contribution in [0, 0.1) is 0 Å². The Labute approximate surface area is 540 Å². The maximum Gasteiger partial charge on any atom is 0.319 e. The lowest BCUT2D eigenvalue weighted by atomic mass is 10.2. The fourth-order valence-corrected chi connectivity index (χ4v) is 11.6. The summed E-state index contributed by atoms with van der Waals surface area (Å²) >= 11 is 23.6. The molecule has 4 aromatic carbocycles. The molecule has 0 aliphatic carbocycles. The molecule has 0 saturated carbocycles. The zero-order valence-electron chi connectivity index (χ0n) is 47.4. The van der Waals surface area contributed by atoms with Gasteiger partial charge in [-0.2, -0.15) is 20.4 Å². The van der Waals surface area contributed by atoms with Crippen LogP contribution in [0.2, 0.25) is 15.1 Å². The quantitative estimate of drug-likeness (QED) is 0.0203. The Bertz CT molecular complexity index is 4710. The number of hydrogen-bond donors (Lipinski definition) is 8. The van der Waals surface area contributed by atoms with Gasteiger partial charge in [-0.3, -0.25) is 24.0 Å². The number of carboxylic acids is 1. The highest BCUT2D eigenvalue weighted by atomic mass is 35.5. The van der Waals surface area contributed by atoms with Gasteiger partial charge in [0.1, 0.15) is 26.3 Å². The van der Waals surface area contributed by atoms with Crippen molar-refractivity contribution in [2.24, 2.45) is 0 Å². The number of carbonyl (C=O) groups is 1. The van der Waals surface area contributed by atoms with Crippen molar-refractivity contribution in [3.63, 3.8) is 0 Å². The Hall–Kier alpha value is -8.14. The first-order chi connectivity index (χ1) is 43.5. The molecule has 0 aliphatic heterocycles. The number of halogens is 3. The van der Waals surface area contributed by atoms with Crippen molar-refractivity contribution in [1.29, 1.82) is 0 Å². The van der Waals surface area contributed by atoms with E-state index in [-0.39, 0.29) is 47.2 Å². The molecule has 0 bridgehead atoms. The first kappa shape index (κ1) is 66.3. The second-order valence-electron chi connectivity index (χ2n) is 18.9. The molecule has 12 rings (SSSR count). The van der Waals surface area contributed by atoms with Crippen LogP contribution < -0.4 is 22.2 Å². The van der Waals surface area contributed by atoms with E-state index in [0.717, 1.165) is 17.4 Å². The first-order valence-corrected chi connectivity index (χ1v) is 31.8. The maximum absolute atomic E-state index is 12.2. The molecule has 90 heavy (non-hydrogen) atoms. The van der Waals surface area contributed by atoms with Gasteiger partial charge in [-0.25, -0.2) is 38.7 Å². The molecule has 0 fully saturated rings. The van der Waals surface area contributed by atoms with Crippen molar-refractivity contribution >= 4 is 132 Å². The van der Waals surface area contributed by atoms with Crippen LogP contribution in [-0.4, -0.2) is 160 Å². The highest BCUT2D eigenvalue weighted by molar-refractivity contribution is 8.01. The Kier molecular flexibility index (Phi) is 22.9. The van der Waals surface area contributed by atoms with E-state index in [9.17, 15) is 29.1 Å². The van der Waals surface area contributed by atoms with Gasteiger partial charge in [-0.05, 0) is 68.8 Å². The molecule has 0 unspecified atom stereocenters. The summed E-state index contributed by atoms with van der Waals surface area (Å²) in [6.07, 6.45) is 6.50. The second kappa shape index (κ2) is 31.1. The highest BCUT2D eigenvalue weighted by Gasteiger charge is 2.30. The lowest BCUT2D eigenvalue weighted by molar-refractivity contribution is -0.138. The summed E-state index contributed by atoms with van der Waals surface area (Å²) < 4.78 is 10.3. The topological polar surface area (TPSA) is 361 Å². The van der Waals surface area contributed by atoms with E-state index < -0.39 is 10.7 Å². The number of aliphatic hydroxyl groups is 3. The van der Waals surface area contributed by atoms with Crippen LogP contribution in [0.25, 0.3) is 66.9 Å². The SMILES string of the molecule is CC(C)(Sc1nc2c(cnn2-c2ccccc2)c(=O)[nH]1)C(=O)O.O=c1[nH]c(SCCCO)nc2c1cnn2-c1ccccc1Cl.O=c1[nH]c(SCCO)nc2c1cnn2-c1ccccc1Cl.O=c1[nH]c(SCCOCCO)nc2c1cnn2-c1ccccc1Cl. The van der Waals surface area contributed by atoms with E-state index in [1.54, 1.807) is 52.2 Å². The molecule has 12 aromatic rings. The van der Waals surface area contributed by atoms with Gasteiger partial charge in [0.05, 0.1) is 89.0 Å². The number of aliphatic hydroxyl groups excluding tert-OH is 3. The normalized spacial score (nSPS) is 11.3. The summed E-state index contributed by atoms with van der Waals surface area (Å²) in [5.41, 5.74) is 3.40. The van der Waals surface area contributed by atoms with Crippen molar-refractivity contribution in [3.05, 3.63) is 184 Å². The van der Waals surface area contributed by atoms with Crippen molar-refractivity contribution in [3.8, 4) is 22.7 Å². The predicted octanol–water partition coefficient (Wildman–Crippen LogP) is 8.01. The van der Waals surface area contributed by atoms with Gasteiger partial charge >= 0.3 is 5.97 Å². The third-order valence-electron chi connectivity index (χ3n) is 12.3. The smallest absolute Gasteiger partial charge is 0.319 e. The summed E-state index contributed by atoms with van der Waals surface area (Å²) in [6, 6.07) is 31.0. The second-order valence-corrected chi connectivity index (χ2v) is 25.0. The monoisotopic (exact) mass is 1350 g/mol. The van der Waals surface area contributed by atoms with E-state index in [4.69, 9.17) is 54.9 Å². The van der Waals surface area contributed by atoms with Gasteiger partial charge in [0.25, 0.3) is 22.2 Å². The Morgan fingerprint density at radius 1 is 0.478 bits per heavy atom. The molecule has 8 N–H and O–H groups in total. The lowest BCUT2D eigenvalue weighted by Gasteiger charge is -2.17. The number of rotatable bonds is 20. The summed E-state index contributed by atoms with van der Waals surface area (Å²) in [5.74, 6) is 0.746. The molecule has 8 heterocycles. The number of aromatic nitrogens is 16. The van der Waals surface area contributed by atoms with E-state index in [1.165, 1.54) is 64.8 Å². The van der Waals surface area contributed by atoms with Crippen LogP contribution in [0.5, 0.6) is 0 Å². The van der Waals surface area contributed by atoms with Crippen molar-refractivity contribution in [2.75, 3.05) is 50.3 Å². The minimum Gasteiger partial charge on any atom is -0.480 e. The molecule has 466 valence electrons. The lowest BCUT2D eigenvalue weighted by Crippen LogP contribution is -2.28. The van der Waals surface area contributed by atoms with E-state index in [0.29, 0.717) is 129 Å². The van der Waals surface area contributed by atoms with Crippen LogP contribution in [0.1, 0.15) is 20.3 Å². The van der Waals surface area contributed by atoms with Crippen molar-refractivity contribution in [1.82, 2.24) is 79.0 Å². The third-order valence-corrected chi connectivity index (χ3v) is 17.0. The molecule has 0 atom stereocenters. The molecule has 0 spiro atoms. The number of H-pyrrole nitrogens is 4. The number of aliphatic carboxylic acids is 1. The Morgan fingerprint density at radius 2 is 0.844 bits per heavy atom. The van der Waals surface area contributed by atoms with Gasteiger partial charge in [0.2, 0.25) is 0 Å². The average molecular weight is 1360 g/mol. The summed E-state index contributed by atoms with van der Waals surface area (Å²) in [5, 5.41) is 57.2. The number of nitrogens with zero attached hydrogens (tertiary/aromatic N) is 12. The number of benzene rings is 4. The fourth-order valence-electron chi connectivity index (χ4n) is 8.03. The van der Waals surface area contributed by atoms with Crippen molar-refractivity contribution < 1.29 is 30.0 Å². The maximum atomic E-state index is 12.2. The summed E-state index contributed by atoms with van der Waals surface area (Å²) in [7, 11) is 0. The van der Waals surface area contributed by atoms with Gasteiger partial charge < -0.3 is 45.1 Å². The van der Waals surface area contributed by atoms with Crippen LogP contribution in [-0.2, 0) is 9.53 Å². The molecule has 26 nitrogen and oxygen atoms in total. The number of fused-ring (bicyclic) bond motifs is 4. The largest absolute Gasteiger partial charge is 0.480 e. The zero-order chi connectivity index (χ0) is 63.9. The third kappa shape index (κ3) is 16.1. The Balaban J connectivity index is 0.000000142. The predicted molar refractivity (Wildman–Crippen MR) is 349 cm³/mol. The van der Waals surface area contributed by atoms with Gasteiger partial charge in [0.15, 0.2) is 43.2 Å². The minimum atomic E-state index is -1.11. The number of thioether (sulfide) groups is 4. The highest BCUT2D eigenvalue weighted by Crippen LogP contribution is 2.31. The van der Waals surface area contributed by atoms with Gasteiger partial charge in [-0.1, -0.05) is 136 Å². The summed E-state index contributed by atoms with van der Waals surface area (Å²) in [4.78, 5) is 88.2. The molecular weight excluding hydrogens is 1300 g/mol. The molecule has 0 saturated heterocycles. The van der Waals surface area contributed by atoms with E-state index in [2.05, 4.69) is 60.3 Å². The summed E-state index contributed by atoms with van der Waals surface area (Å²) in [6.45, 7) is 3.97. The number of aromatic amines is 4. The number of ether oxygens (including phenoxy) is 1. The average Bonchev–Trinajstić information content (AvgIpc) is 1.66. The van der Waals surface area contributed by atoms with Crippen LogP contribution >= 0.6 is 81.9 Å². The van der Waals surface area contributed by atoms with Crippen LogP contribution in [0.4, 0.5) is 0 Å². The molecule has 0 amide bonds. The number of para-hydroxylation sites is 4. The van der Waals surface area contributed by atoms with Gasteiger partial charge in [0, 0.05) is 23.9 Å². The molecule has 33 heteroatoms. The Morgan fingerprint density at radius 3 is 1.24 bits per heavy atom. The number of hydrogen-bond acceptors (Lipinski definition) is 21. The van der Waals surface area contributed by atoms with E-state index >= 15 is 0 Å². The molecule has 0 aliphatic rings. The molecular formula is C57H53Cl3N16O10S4. The standard InChI is InChI=1S/C15H15ClN4O3S.C15H14N4O3S.C14H13ClN4O2S.C13H11ClN4O2S/c16-11-3-1-2-4-12(11)20-13-10(9-17-20)14(22)19-15(18-13)24-8-7-23-6-5-21;1-15(2,13(21)22)23-14-17-11-10(12(20)18-14)8-16-19(11)9-6-4-3-5-7-9;15-10-4-1-2-5-11(10)19-12-9(8-16-19)13(21)18-14(17-12)22-7-3-6-20;14-9-3-1-2-4-10(9)18-11-8(7-15-18)12(20)17-13(16-11)21-6-5-19/h1-4,9,21H,5-8H2,(H,18,19,22);3-8H,1-2H3,(H,21,22)(H,17,18,20);1-2,4-5,8,20H,3,6-7H2,(H,17,18,21);1-4,7,19H,5-6H2,(H,16,17,20). The molecule has 0 radical (unpaired) electrons. The first-order valence-electron chi connectivity index (χ1n) is 26.9. The zero-order valence-corrected chi connectivity index (χ0v) is 52.9. The molecule has 8 aromatic heterocycles. The minimum absolute atomic E-state index is 0.0101. The fraction of sp³-hybridized carbons (Fsp3) is 0.211. The van der Waals surface area contributed by atoms with E-state index in [1.807, 2.05) is 78.9 Å². The van der Waals surface area contributed by atoms with Crippen LogP contribution in [0.15, 0.2) is 168 Å². The van der Waals surface area contributed by atoms with Gasteiger partial charge in [-0.15, -0.1) is 0 Å². The van der Waals surface area contributed by atoms with Crippen LogP contribution in [0.3, 0.4) is 0 Å². The number of carboxylic acid groups (broad SMARTS) is 1. The number of nitrogens with one attached hydrogen (secondary N) is 4. The van der Waals surface area contributed by atoms with Crippen molar-refractivity contribution in [2.45, 2.75) is 45.6 Å².